The third-order valence-corrected chi connectivity index (χ3v) is 4.88. The Labute approximate surface area is 126 Å². The van der Waals surface area contributed by atoms with E-state index in [1.165, 1.54) is 0 Å². The Bertz CT molecular complexity index is 830. The standard InChI is InChI=1S/C15H12F2N2O2S/c16-11-6-2-7-12(17)15(11)22(20,21)19-13-8-1-4-10-5-3-9-18-14(10)13/h1-7,9,13,19H,8H2. The smallest absolute Gasteiger partial charge is 0.247 e. The van der Waals surface area contributed by atoms with Crippen LogP contribution in [0.5, 0.6) is 0 Å². The Morgan fingerprint density at radius 2 is 1.86 bits per heavy atom. The molecular formula is C15H12F2N2O2S. The summed E-state index contributed by atoms with van der Waals surface area (Å²) in [5.74, 6) is -2.25. The number of benzene rings is 1. The van der Waals surface area contributed by atoms with E-state index in [2.05, 4.69) is 9.71 Å². The molecule has 3 rings (SSSR count). The molecule has 0 fully saturated rings. The molecule has 0 saturated carbocycles. The number of fused-ring (bicyclic) bond motifs is 1. The van der Waals surface area contributed by atoms with E-state index in [9.17, 15) is 17.2 Å². The summed E-state index contributed by atoms with van der Waals surface area (Å²) in [5.41, 5.74) is 1.31. The molecule has 114 valence electrons. The van der Waals surface area contributed by atoms with Gasteiger partial charge in [-0.05, 0) is 30.2 Å². The Kier molecular flexibility index (Phi) is 3.76. The number of rotatable bonds is 3. The minimum Gasteiger partial charge on any atom is -0.259 e. The van der Waals surface area contributed by atoms with Crippen molar-refractivity contribution >= 4 is 16.1 Å². The summed E-state index contributed by atoms with van der Waals surface area (Å²) < 4.78 is 54.4. The molecule has 0 aliphatic heterocycles. The molecule has 1 aromatic heterocycles. The second-order valence-electron chi connectivity index (χ2n) is 4.84. The van der Waals surface area contributed by atoms with Gasteiger partial charge in [-0.3, -0.25) is 4.98 Å². The molecule has 7 heteroatoms. The molecule has 0 amide bonds. The van der Waals surface area contributed by atoms with Crippen molar-refractivity contribution in [2.45, 2.75) is 17.4 Å². The minimum absolute atomic E-state index is 0.360. The van der Waals surface area contributed by atoms with Crippen LogP contribution in [0.15, 0.2) is 47.5 Å². The van der Waals surface area contributed by atoms with Gasteiger partial charge >= 0.3 is 0 Å². The van der Waals surface area contributed by atoms with Gasteiger partial charge in [0.1, 0.15) is 11.6 Å². The molecule has 1 unspecified atom stereocenters. The van der Waals surface area contributed by atoms with Gasteiger partial charge in [0, 0.05) is 6.20 Å². The molecule has 2 aromatic rings. The van der Waals surface area contributed by atoms with Crippen LogP contribution in [0.3, 0.4) is 0 Å². The molecule has 1 atom stereocenters. The Balaban J connectivity index is 1.98. The van der Waals surface area contributed by atoms with Crippen molar-refractivity contribution in [1.82, 2.24) is 9.71 Å². The fraction of sp³-hybridized carbons (Fsp3) is 0.133. The molecule has 0 saturated heterocycles. The summed E-state index contributed by atoms with van der Waals surface area (Å²) in [6, 6.07) is 5.80. The van der Waals surface area contributed by atoms with Crippen LogP contribution in [0.1, 0.15) is 23.7 Å². The second kappa shape index (κ2) is 5.58. The number of aromatic nitrogens is 1. The van der Waals surface area contributed by atoms with Crippen molar-refractivity contribution in [3.63, 3.8) is 0 Å². The lowest BCUT2D eigenvalue weighted by Gasteiger charge is -2.21. The third-order valence-electron chi connectivity index (χ3n) is 3.36. The number of pyridine rings is 1. The number of hydrogen-bond acceptors (Lipinski definition) is 3. The molecule has 1 aliphatic rings. The van der Waals surface area contributed by atoms with Crippen LogP contribution in [0.25, 0.3) is 6.08 Å². The van der Waals surface area contributed by atoms with E-state index in [-0.39, 0.29) is 0 Å². The SMILES string of the molecule is O=S(=O)(NC1CC=Cc2cccnc21)c1c(F)cccc1F. The van der Waals surface area contributed by atoms with Gasteiger partial charge in [-0.25, -0.2) is 21.9 Å². The van der Waals surface area contributed by atoms with Crippen molar-refractivity contribution in [2.75, 3.05) is 0 Å². The third kappa shape index (κ3) is 2.65. The van der Waals surface area contributed by atoms with Crippen molar-refractivity contribution in [3.05, 3.63) is 65.5 Å². The average Bonchev–Trinajstić information content (AvgIpc) is 2.47. The highest BCUT2D eigenvalue weighted by Crippen LogP contribution is 2.28. The summed E-state index contributed by atoms with van der Waals surface area (Å²) in [6.07, 6.45) is 5.52. The Hall–Kier alpha value is -2.12. The molecule has 0 bridgehead atoms. The fourth-order valence-corrected chi connectivity index (χ4v) is 3.74. The zero-order valence-corrected chi connectivity index (χ0v) is 12.1. The van der Waals surface area contributed by atoms with Gasteiger partial charge in [0.25, 0.3) is 0 Å². The van der Waals surface area contributed by atoms with Gasteiger partial charge in [-0.2, -0.15) is 0 Å². The summed E-state index contributed by atoms with van der Waals surface area (Å²) in [6.45, 7) is 0. The maximum Gasteiger partial charge on any atom is 0.247 e. The molecule has 1 heterocycles. The number of nitrogens with zero attached hydrogens (tertiary/aromatic N) is 1. The van der Waals surface area contributed by atoms with Crippen LogP contribution in [0, 0.1) is 11.6 Å². The highest BCUT2D eigenvalue weighted by Gasteiger charge is 2.29. The highest BCUT2D eigenvalue weighted by atomic mass is 32.2. The summed E-state index contributed by atoms with van der Waals surface area (Å²) in [7, 11) is -4.34. The van der Waals surface area contributed by atoms with Crippen LogP contribution in [0.4, 0.5) is 8.78 Å². The number of halogens is 2. The molecule has 0 spiro atoms. The number of nitrogens with one attached hydrogen (secondary N) is 1. The summed E-state index contributed by atoms with van der Waals surface area (Å²) in [5, 5.41) is 0. The number of sulfonamides is 1. The monoisotopic (exact) mass is 322 g/mol. The summed E-state index contributed by atoms with van der Waals surface area (Å²) in [4.78, 5) is 3.19. The van der Waals surface area contributed by atoms with E-state index in [0.29, 0.717) is 12.1 Å². The largest absolute Gasteiger partial charge is 0.259 e. The van der Waals surface area contributed by atoms with Crippen molar-refractivity contribution in [2.24, 2.45) is 0 Å². The van der Waals surface area contributed by atoms with Crippen LogP contribution in [-0.4, -0.2) is 13.4 Å². The zero-order valence-electron chi connectivity index (χ0n) is 11.3. The van der Waals surface area contributed by atoms with Crippen molar-refractivity contribution < 1.29 is 17.2 Å². The van der Waals surface area contributed by atoms with E-state index in [4.69, 9.17) is 0 Å². The highest BCUT2D eigenvalue weighted by molar-refractivity contribution is 7.89. The van der Waals surface area contributed by atoms with Gasteiger partial charge in [-0.15, -0.1) is 0 Å². The topological polar surface area (TPSA) is 59.1 Å². The lowest BCUT2D eigenvalue weighted by atomic mass is 9.99. The van der Waals surface area contributed by atoms with E-state index < -0.39 is 32.6 Å². The van der Waals surface area contributed by atoms with E-state index in [1.807, 2.05) is 6.08 Å². The lowest BCUT2D eigenvalue weighted by molar-refractivity contribution is 0.504. The van der Waals surface area contributed by atoms with E-state index in [0.717, 1.165) is 23.8 Å². The maximum atomic E-state index is 13.7. The Morgan fingerprint density at radius 1 is 1.14 bits per heavy atom. The molecule has 4 nitrogen and oxygen atoms in total. The first-order valence-electron chi connectivity index (χ1n) is 6.57. The first-order valence-corrected chi connectivity index (χ1v) is 8.05. The number of hydrogen-bond donors (Lipinski definition) is 1. The average molecular weight is 322 g/mol. The lowest BCUT2D eigenvalue weighted by Crippen LogP contribution is -2.31. The fourth-order valence-electron chi connectivity index (χ4n) is 2.39. The first kappa shape index (κ1) is 14.8. The molecule has 1 aliphatic carbocycles. The zero-order chi connectivity index (χ0) is 15.7. The van der Waals surface area contributed by atoms with Crippen molar-refractivity contribution in [1.29, 1.82) is 0 Å². The quantitative estimate of drug-likeness (QED) is 0.945. The molecule has 1 aromatic carbocycles. The van der Waals surface area contributed by atoms with Gasteiger partial charge in [0.2, 0.25) is 10.0 Å². The van der Waals surface area contributed by atoms with Crippen LogP contribution in [0.2, 0.25) is 0 Å². The van der Waals surface area contributed by atoms with E-state index >= 15 is 0 Å². The molecule has 1 N–H and O–H groups in total. The Morgan fingerprint density at radius 3 is 2.59 bits per heavy atom. The normalized spacial score (nSPS) is 17.3. The van der Waals surface area contributed by atoms with Gasteiger partial charge in [0.15, 0.2) is 4.90 Å². The van der Waals surface area contributed by atoms with Gasteiger partial charge < -0.3 is 0 Å². The predicted molar refractivity (Wildman–Crippen MR) is 77.3 cm³/mol. The van der Waals surface area contributed by atoms with Crippen LogP contribution < -0.4 is 4.72 Å². The van der Waals surface area contributed by atoms with Gasteiger partial charge in [0.05, 0.1) is 11.7 Å². The minimum atomic E-state index is -4.34. The maximum absolute atomic E-state index is 13.7. The van der Waals surface area contributed by atoms with Crippen LogP contribution in [-0.2, 0) is 10.0 Å². The molecular weight excluding hydrogens is 310 g/mol. The van der Waals surface area contributed by atoms with Crippen LogP contribution >= 0.6 is 0 Å². The second-order valence-corrected chi connectivity index (χ2v) is 6.49. The van der Waals surface area contributed by atoms with Gasteiger partial charge in [-0.1, -0.05) is 24.3 Å². The molecule has 22 heavy (non-hydrogen) atoms. The van der Waals surface area contributed by atoms with E-state index in [1.54, 1.807) is 24.4 Å². The first-order chi connectivity index (χ1) is 10.5. The van der Waals surface area contributed by atoms with Crippen molar-refractivity contribution in [3.8, 4) is 0 Å². The predicted octanol–water partition coefficient (Wildman–Crippen LogP) is 2.80. The molecule has 0 radical (unpaired) electrons. The summed E-state index contributed by atoms with van der Waals surface area (Å²) >= 11 is 0.